The molecular weight excluding hydrogens is 178 g/mol. The summed E-state index contributed by atoms with van der Waals surface area (Å²) in [6.45, 7) is 5.72. The van der Waals surface area contributed by atoms with Crippen molar-refractivity contribution in [2.24, 2.45) is 0 Å². The number of carboxylic acids is 1. The number of hydrogen-bond donors (Lipinski definition) is 1. The molecule has 14 heavy (non-hydrogen) atoms. The van der Waals surface area contributed by atoms with Crippen molar-refractivity contribution in [1.29, 1.82) is 0 Å². The van der Waals surface area contributed by atoms with Crippen molar-refractivity contribution in [2.75, 3.05) is 0 Å². The van der Waals surface area contributed by atoms with E-state index in [9.17, 15) is 4.79 Å². The van der Waals surface area contributed by atoms with Crippen molar-refractivity contribution in [2.45, 2.75) is 33.6 Å². The maximum Gasteiger partial charge on any atom is 0.337 e. The molecule has 1 aromatic rings. The number of carbonyl (C=O) groups is 1. The molecule has 0 unspecified atom stereocenters. The zero-order valence-corrected chi connectivity index (χ0v) is 8.79. The lowest BCUT2D eigenvalue weighted by Gasteiger charge is -2.08. The van der Waals surface area contributed by atoms with Crippen LogP contribution < -0.4 is 0 Å². The second kappa shape index (κ2) is 4.22. The Labute approximate surface area is 83.8 Å². The van der Waals surface area contributed by atoms with Crippen LogP contribution in [-0.4, -0.2) is 16.1 Å². The Kier molecular flexibility index (Phi) is 3.23. The summed E-state index contributed by atoms with van der Waals surface area (Å²) in [5.74, 6) is -0.876. The first kappa shape index (κ1) is 10.7. The molecule has 0 spiro atoms. The van der Waals surface area contributed by atoms with Crippen LogP contribution in [0.4, 0.5) is 0 Å². The molecule has 1 rings (SSSR count). The van der Waals surface area contributed by atoms with Gasteiger partial charge in [0.05, 0.1) is 11.3 Å². The van der Waals surface area contributed by atoms with Gasteiger partial charge in [0.25, 0.3) is 0 Å². The van der Waals surface area contributed by atoms with E-state index in [0.29, 0.717) is 11.3 Å². The Morgan fingerprint density at radius 3 is 2.64 bits per heavy atom. The van der Waals surface area contributed by atoms with Gasteiger partial charge >= 0.3 is 5.97 Å². The number of pyridine rings is 1. The fourth-order valence-corrected chi connectivity index (χ4v) is 1.62. The molecule has 0 aliphatic rings. The molecule has 0 aromatic carbocycles. The molecule has 0 fully saturated rings. The van der Waals surface area contributed by atoms with E-state index in [0.717, 1.165) is 24.1 Å². The largest absolute Gasteiger partial charge is 0.478 e. The van der Waals surface area contributed by atoms with Crippen LogP contribution in [0, 0.1) is 13.8 Å². The van der Waals surface area contributed by atoms with E-state index in [4.69, 9.17) is 5.11 Å². The highest BCUT2D eigenvalue weighted by atomic mass is 16.4. The molecule has 0 amide bonds. The molecule has 1 heterocycles. The minimum atomic E-state index is -0.876. The minimum Gasteiger partial charge on any atom is -0.478 e. The van der Waals surface area contributed by atoms with Crippen LogP contribution in [0.2, 0.25) is 0 Å². The molecule has 0 aliphatic carbocycles. The van der Waals surface area contributed by atoms with Gasteiger partial charge in [-0.25, -0.2) is 4.79 Å². The van der Waals surface area contributed by atoms with Gasteiger partial charge in [-0.1, -0.05) is 13.3 Å². The molecule has 1 N–H and O–H groups in total. The van der Waals surface area contributed by atoms with Gasteiger partial charge in [-0.3, -0.25) is 4.98 Å². The van der Waals surface area contributed by atoms with Gasteiger partial charge in [0.1, 0.15) is 0 Å². The van der Waals surface area contributed by atoms with Crippen molar-refractivity contribution in [3.8, 4) is 0 Å². The second-order valence-electron chi connectivity index (χ2n) is 3.46. The molecule has 0 radical (unpaired) electrons. The minimum absolute atomic E-state index is 0.373. The molecule has 1 aromatic heterocycles. The lowest BCUT2D eigenvalue weighted by Crippen LogP contribution is -2.08. The first-order valence-electron chi connectivity index (χ1n) is 4.76. The lowest BCUT2D eigenvalue weighted by molar-refractivity contribution is 0.0694. The number of hydrogen-bond acceptors (Lipinski definition) is 2. The lowest BCUT2D eigenvalue weighted by atomic mass is 10.0. The van der Waals surface area contributed by atoms with Crippen LogP contribution in [0.3, 0.4) is 0 Å². The molecule has 76 valence electrons. The summed E-state index contributed by atoms with van der Waals surface area (Å²) in [6, 6.07) is 1.81. The van der Waals surface area contributed by atoms with Crippen LogP contribution in [0.5, 0.6) is 0 Å². The highest BCUT2D eigenvalue weighted by Gasteiger charge is 2.14. The zero-order chi connectivity index (χ0) is 10.7. The third-order valence-corrected chi connectivity index (χ3v) is 2.12. The van der Waals surface area contributed by atoms with Crippen molar-refractivity contribution in [3.05, 3.63) is 28.6 Å². The van der Waals surface area contributed by atoms with Gasteiger partial charge < -0.3 is 5.11 Å². The molecule has 0 aliphatic heterocycles. The van der Waals surface area contributed by atoms with E-state index >= 15 is 0 Å². The summed E-state index contributed by atoms with van der Waals surface area (Å²) in [4.78, 5) is 15.3. The number of rotatable bonds is 3. The topological polar surface area (TPSA) is 50.2 Å². The quantitative estimate of drug-likeness (QED) is 0.801. The third kappa shape index (κ3) is 2.10. The zero-order valence-electron chi connectivity index (χ0n) is 8.79. The van der Waals surface area contributed by atoms with Crippen LogP contribution >= 0.6 is 0 Å². The smallest absolute Gasteiger partial charge is 0.337 e. The van der Waals surface area contributed by atoms with Gasteiger partial charge in [-0.15, -0.1) is 0 Å². The van der Waals surface area contributed by atoms with Gasteiger partial charge in [0.2, 0.25) is 0 Å². The summed E-state index contributed by atoms with van der Waals surface area (Å²) in [7, 11) is 0. The summed E-state index contributed by atoms with van der Waals surface area (Å²) in [5, 5.41) is 9.02. The number of nitrogens with zero attached hydrogens (tertiary/aromatic N) is 1. The van der Waals surface area contributed by atoms with Gasteiger partial charge in [-0.2, -0.15) is 0 Å². The first-order valence-corrected chi connectivity index (χ1v) is 4.76. The van der Waals surface area contributed by atoms with Crippen molar-refractivity contribution < 1.29 is 9.90 Å². The number of aromatic carboxylic acids is 1. The Balaban J connectivity index is 3.28. The van der Waals surface area contributed by atoms with E-state index in [1.165, 1.54) is 0 Å². The Bertz CT molecular complexity index is 359. The normalized spacial score (nSPS) is 10.2. The number of aryl methyl sites for hydroxylation is 3. The SMILES string of the molecule is CCCc1nc(C)cc(C)c1C(=O)O. The fourth-order valence-electron chi connectivity index (χ4n) is 1.62. The van der Waals surface area contributed by atoms with Crippen LogP contribution in [0.1, 0.15) is 40.7 Å². The monoisotopic (exact) mass is 193 g/mol. The van der Waals surface area contributed by atoms with E-state index in [1.54, 1.807) is 0 Å². The van der Waals surface area contributed by atoms with E-state index in [2.05, 4.69) is 4.98 Å². The number of aromatic nitrogens is 1. The maximum absolute atomic E-state index is 11.0. The van der Waals surface area contributed by atoms with Crippen LogP contribution in [0.15, 0.2) is 6.07 Å². The molecule has 3 nitrogen and oxygen atoms in total. The van der Waals surface area contributed by atoms with E-state index in [-0.39, 0.29) is 0 Å². The average molecular weight is 193 g/mol. The average Bonchev–Trinajstić information content (AvgIpc) is 2.01. The number of carboxylic acid groups (broad SMARTS) is 1. The van der Waals surface area contributed by atoms with Crippen molar-refractivity contribution >= 4 is 5.97 Å². The predicted octanol–water partition coefficient (Wildman–Crippen LogP) is 2.35. The van der Waals surface area contributed by atoms with Crippen molar-refractivity contribution in [3.63, 3.8) is 0 Å². The molecule has 3 heteroatoms. The molecule has 0 atom stereocenters. The summed E-state index contributed by atoms with van der Waals surface area (Å²) in [6.07, 6.45) is 1.64. The Morgan fingerprint density at radius 2 is 2.14 bits per heavy atom. The highest BCUT2D eigenvalue weighted by molar-refractivity contribution is 5.90. The second-order valence-corrected chi connectivity index (χ2v) is 3.46. The fraction of sp³-hybridized carbons (Fsp3) is 0.455. The first-order chi connectivity index (χ1) is 6.56. The third-order valence-electron chi connectivity index (χ3n) is 2.12. The van der Waals surface area contributed by atoms with Crippen LogP contribution in [0.25, 0.3) is 0 Å². The van der Waals surface area contributed by atoms with Gasteiger partial charge in [0.15, 0.2) is 0 Å². The standard InChI is InChI=1S/C11H15NO2/c1-4-5-9-10(11(13)14)7(2)6-8(3)12-9/h6H,4-5H2,1-3H3,(H,13,14). The summed E-state index contributed by atoms with van der Waals surface area (Å²) in [5.41, 5.74) is 2.76. The molecule has 0 bridgehead atoms. The summed E-state index contributed by atoms with van der Waals surface area (Å²) < 4.78 is 0. The van der Waals surface area contributed by atoms with E-state index in [1.807, 2.05) is 26.8 Å². The highest BCUT2D eigenvalue weighted by Crippen LogP contribution is 2.15. The molecule has 0 saturated carbocycles. The van der Waals surface area contributed by atoms with Gasteiger partial charge in [0, 0.05) is 5.69 Å². The molecular formula is C11H15NO2. The Morgan fingerprint density at radius 1 is 1.50 bits per heavy atom. The van der Waals surface area contributed by atoms with E-state index < -0.39 is 5.97 Å². The predicted molar refractivity (Wildman–Crippen MR) is 54.7 cm³/mol. The van der Waals surface area contributed by atoms with Crippen molar-refractivity contribution in [1.82, 2.24) is 4.98 Å². The van der Waals surface area contributed by atoms with Crippen LogP contribution in [-0.2, 0) is 6.42 Å². The Hall–Kier alpha value is -1.38. The van der Waals surface area contributed by atoms with Gasteiger partial charge in [-0.05, 0) is 31.9 Å². The maximum atomic E-state index is 11.0. The molecule has 0 saturated heterocycles. The summed E-state index contributed by atoms with van der Waals surface area (Å²) >= 11 is 0.